The van der Waals surface area contributed by atoms with Crippen molar-refractivity contribution in [2.24, 2.45) is 7.05 Å². The van der Waals surface area contributed by atoms with Crippen LogP contribution in [0.4, 0.5) is 0 Å². The van der Waals surface area contributed by atoms with E-state index in [1.165, 1.54) is 27.1 Å². The molecule has 1 N–H and O–H groups in total. The maximum Gasteiger partial charge on any atom is 0.215 e. The maximum absolute atomic E-state index is 5.45. The fourth-order valence-electron chi connectivity index (χ4n) is 2.86. The molecule has 0 aromatic carbocycles. The summed E-state index contributed by atoms with van der Waals surface area (Å²) in [5, 5.41) is 14.5. The molecule has 10 heteroatoms. The van der Waals surface area contributed by atoms with Crippen LogP contribution in [-0.4, -0.2) is 56.5 Å². The zero-order chi connectivity index (χ0) is 17.4. The number of ether oxygens (including phenoxy) is 1. The van der Waals surface area contributed by atoms with Crippen LogP contribution >= 0.6 is 23.1 Å². The Morgan fingerprint density at radius 2 is 2.04 bits per heavy atom. The minimum absolute atomic E-state index is 0.730. The molecule has 0 aliphatic carbocycles. The molecule has 1 aliphatic heterocycles. The van der Waals surface area contributed by atoms with Gasteiger partial charge in [-0.15, -0.1) is 16.4 Å². The molecular formula is C15H20N7OS2+. The van der Waals surface area contributed by atoms with Crippen molar-refractivity contribution in [3.63, 3.8) is 0 Å². The van der Waals surface area contributed by atoms with E-state index in [-0.39, 0.29) is 0 Å². The average Bonchev–Trinajstić information content (AvgIpc) is 3.12. The number of tetrazole rings is 1. The van der Waals surface area contributed by atoms with Crippen LogP contribution < -0.4 is 4.90 Å². The predicted octanol–water partition coefficient (Wildman–Crippen LogP) is 0.398. The van der Waals surface area contributed by atoms with Gasteiger partial charge in [-0.25, -0.2) is 14.6 Å². The molecule has 8 nitrogen and oxygen atoms in total. The Bertz CT molecular complexity index is 901. The first-order chi connectivity index (χ1) is 12.1. The molecular weight excluding hydrogens is 358 g/mol. The second-order valence-electron chi connectivity index (χ2n) is 6.13. The molecule has 1 saturated heterocycles. The van der Waals surface area contributed by atoms with Gasteiger partial charge in [0.25, 0.3) is 0 Å². The number of aromatic nitrogens is 6. The molecule has 1 fully saturated rings. The van der Waals surface area contributed by atoms with E-state index in [1.807, 2.05) is 7.05 Å². The Morgan fingerprint density at radius 1 is 1.24 bits per heavy atom. The first kappa shape index (κ1) is 16.8. The van der Waals surface area contributed by atoms with Gasteiger partial charge in [0.2, 0.25) is 5.16 Å². The van der Waals surface area contributed by atoms with Gasteiger partial charge in [-0.05, 0) is 41.6 Å². The normalized spacial score (nSPS) is 16.0. The van der Waals surface area contributed by atoms with E-state index in [2.05, 4.69) is 29.4 Å². The quantitative estimate of drug-likeness (QED) is 0.658. The van der Waals surface area contributed by atoms with Crippen LogP contribution in [-0.2, 0) is 18.3 Å². The van der Waals surface area contributed by atoms with E-state index in [9.17, 15) is 0 Å². The van der Waals surface area contributed by atoms with E-state index in [4.69, 9.17) is 14.7 Å². The second kappa shape index (κ2) is 6.94. The highest BCUT2D eigenvalue weighted by Gasteiger charge is 2.21. The summed E-state index contributed by atoms with van der Waals surface area (Å²) in [6.07, 6.45) is 0. The molecule has 1 aliphatic rings. The van der Waals surface area contributed by atoms with Gasteiger partial charge < -0.3 is 9.64 Å². The van der Waals surface area contributed by atoms with Crippen molar-refractivity contribution in [2.45, 2.75) is 30.6 Å². The van der Waals surface area contributed by atoms with E-state index >= 15 is 0 Å². The van der Waals surface area contributed by atoms with Crippen LogP contribution in [0.3, 0.4) is 0 Å². The molecule has 132 valence electrons. The van der Waals surface area contributed by atoms with Gasteiger partial charge in [0.05, 0.1) is 13.2 Å². The standard InChI is InChI=1S/C15H19N7OS2/c1-9-10(2)24-13-12(9)14(25-15-18-19-20-21(15)3)17-11(16-13)8-22-4-6-23-7-5-22/h4-8H2,1-3H3/p+1. The summed E-state index contributed by atoms with van der Waals surface area (Å²) in [6, 6.07) is 0. The first-order valence-electron chi connectivity index (χ1n) is 8.20. The minimum atomic E-state index is 0.730. The highest BCUT2D eigenvalue weighted by molar-refractivity contribution is 7.99. The van der Waals surface area contributed by atoms with Gasteiger partial charge in [-0.1, -0.05) is 0 Å². The Hall–Kier alpha value is -1.62. The molecule has 25 heavy (non-hydrogen) atoms. The van der Waals surface area contributed by atoms with Gasteiger partial charge in [0.15, 0.2) is 5.82 Å². The Labute approximate surface area is 153 Å². The summed E-state index contributed by atoms with van der Waals surface area (Å²) >= 11 is 3.23. The van der Waals surface area contributed by atoms with Crippen molar-refractivity contribution in [1.82, 2.24) is 30.2 Å². The number of hydrogen-bond acceptors (Lipinski definition) is 8. The fourth-order valence-corrected chi connectivity index (χ4v) is 4.90. The highest BCUT2D eigenvalue weighted by Crippen LogP contribution is 2.37. The van der Waals surface area contributed by atoms with E-state index in [1.54, 1.807) is 16.0 Å². The molecule has 0 atom stereocenters. The van der Waals surface area contributed by atoms with Crippen molar-refractivity contribution in [2.75, 3.05) is 26.3 Å². The Kier molecular flexibility index (Phi) is 4.67. The van der Waals surface area contributed by atoms with Crippen LogP contribution in [0.25, 0.3) is 10.2 Å². The fraction of sp³-hybridized carbons (Fsp3) is 0.533. The van der Waals surface area contributed by atoms with Gasteiger partial charge in [0, 0.05) is 17.3 Å². The van der Waals surface area contributed by atoms with Gasteiger partial charge in [0.1, 0.15) is 29.5 Å². The van der Waals surface area contributed by atoms with Crippen LogP contribution in [0.15, 0.2) is 10.2 Å². The second-order valence-corrected chi connectivity index (χ2v) is 8.29. The number of fused-ring (bicyclic) bond motifs is 1. The number of thiophene rings is 1. The molecule has 0 radical (unpaired) electrons. The summed E-state index contributed by atoms with van der Waals surface area (Å²) in [6.45, 7) is 8.69. The Morgan fingerprint density at radius 3 is 2.76 bits per heavy atom. The third-order valence-corrected chi connectivity index (χ3v) is 6.54. The Balaban J connectivity index is 1.73. The molecule has 4 heterocycles. The monoisotopic (exact) mass is 378 g/mol. The molecule has 0 amide bonds. The topological polar surface area (TPSA) is 83.1 Å². The number of quaternary nitrogens is 1. The largest absolute Gasteiger partial charge is 0.370 e. The van der Waals surface area contributed by atoms with E-state index < -0.39 is 0 Å². The average molecular weight is 379 g/mol. The highest BCUT2D eigenvalue weighted by atomic mass is 32.2. The van der Waals surface area contributed by atoms with Crippen LogP contribution in [0, 0.1) is 13.8 Å². The lowest BCUT2D eigenvalue weighted by molar-refractivity contribution is -0.922. The molecule has 0 bridgehead atoms. The van der Waals surface area contributed by atoms with Gasteiger partial charge in [-0.3, -0.25) is 0 Å². The summed E-state index contributed by atoms with van der Waals surface area (Å²) in [4.78, 5) is 13.5. The van der Waals surface area contributed by atoms with Crippen molar-refractivity contribution < 1.29 is 9.64 Å². The number of nitrogens with one attached hydrogen (secondary N) is 1. The first-order valence-corrected chi connectivity index (χ1v) is 9.83. The smallest absolute Gasteiger partial charge is 0.215 e. The molecule has 3 aromatic heterocycles. The lowest BCUT2D eigenvalue weighted by atomic mass is 10.2. The number of nitrogens with zero attached hydrogens (tertiary/aromatic N) is 6. The number of hydrogen-bond donors (Lipinski definition) is 1. The minimum Gasteiger partial charge on any atom is -0.370 e. The summed E-state index contributed by atoms with van der Waals surface area (Å²) in [5.41, 5.74) is 1.24. The van der Waals surface area contributed by atoms with Gasteiger partial charge >= 0.3 is 0 Å². The predicted molar refractivity (Wildman–Crippen MR) is 95.0 cm³/mol. The molecule has 4 rings (SSSR count). The number of aryl methyl sites for hydroxylation is 3. The molecule has 0 spiro atoms. The SMILES string of the molecule is Cc1sc2nc(C[NH+]3CCOCC3)nc(Sc3nnnn3C)c2c1C. The zero-order valence-corrected chi connectivity index (χ0v) is 16.1. The summed E-state index contributed by atoms with van der Waals surface area (Å²) in [7, 11) is 1.84. The van der Waals surface area contributed by atoms with Crippen LogP contribution in [0.5, 0.6) is 0 Å². The van der Waals surface area contributed by atoms with Crippen molar-refractivity contribution in [3.05, 3.63) is 16.3 Å². The third kappa shape index (κ3) is 3.39. The third-order valence-electron chi connectivity index (χ3n) is 4.42. The van der Waals surface area contributed by atoms with Crippen LogP contribution in [0.1, 0.15) is 16.3 Å². The van der Waals surface area contributed by atoms with E-state index in [0.717, 1.165) is 59.1 Å². The lowest BCUT2D eigenvalue weighted by Gasteiger charge is -2.23. The van der Waals surface area contributed by atoms with E-state index in [0.29, 0.717) is 0 Å². The lowest BCUT2D eigenvalue weighted by Crippen LogP contribution is -3.12. The number of morpholine rings is 1. The maximum atomic E-state index is 5.45. The zero-order valence-electron chi connectivity index (χ0n) is 14.4. The summed E-state index contributed by atoms with van der Waals surface area (Å²) in [5.74, 6) is 0.878. The van der Waals surface area contributed by atoms with Crippen LogP contribution in [0.2, 0.25) is 0 Å². The number of rotatable bonds is 4. The molecule has 3 aromatic rings. The molecule has 0 unspecified atom stereocenters. The summed E-state index contributed by atoms with van der Waals surface area (Å²) < 4.78 is 7.11. The van der Waals surface area contributed by atoms with Crippen molar-refractivity contribution >= 4 is 33.3 Å². The van der Waals surface area contributed by atoms with Gasteiger partial charge in [-0.2, -0.15) is 0 Å². The van der Waals surface area contributed by atoms with Crippen molar-refractivity contribution in [1.29, 1.82) is 0 Å². The molecule has 0 saturated carbocycles. The van der Waals surface area contributed by atoms with Crippen molar-refractivity contribution in [3.8, 4) is 0 Å².